The third-order valence-electron chi connectivity index (χ3n) is 10.8. The Morgan fingerprint density at radius 2 is 1.11 bits per heavy atom. The van der Waals surface area contributed by atoms with Crippen molar-refractivity contribution in [1.82, 2.24) is 50.2 Å². The molecule has 2 aliphatic heterocycles. The number of nitrogens with one attached hydrogen (secondary N) is 1. The van der Waals surface area contributed by atoms with Crippen molar-refractivity contribution in [1.29, 1.82) is 0 Å². The van der Waals surface area contributed by atoms with E-state index in [1.54, 1.807) is 4.80 Å². The van der Waals surface area contributed by atoms with Gasteiger partial charge in [-0.15, -0.1) is 0 Å². The molecular weight excluding hydrogens is 803 g/mol. The minimum absolute atomic E-state index is 0. The van der Waals surface area contributed by atoms with Crippen LogP contribution in [0.2, 0.25) is 0 Å². The van der Waals surface area contributed by atoms with Crippen molar-refractivity contribution in [2.45, 2.75) is 247 Å². The summed E-state index contributed by atoms with van der Waals surface area (Å²) in [6, 6.07) is 1.74. The lowest BCUT2D eigenvalue weighted by atomic mass is 9.83. The van der Waals surface area contributed by atoms with Crippen molar-refractivity contribution in [3.63, 3.8) is 0 Å². The summed E-state index contributed by atoms with van der Waals surface area (Å²) in [5, 5.41) is 25.4. The van der Waals surface area contributed by atoms with E-state index in [4.69, 9.17) is 8.83 Å². The molecule has 1 N–H and O–H groups in total. The van der Waals surface area contributed by atoms with Crippen molar-refractivity contribution in [3.05, 3.63) is 63.5 Å². The van der Waals surface area contributed by atoms with Crippen LogP contribution in [0.5, 0.6) is 0 Å². The summed E-state index contributed by atoms with van der Waals surface area (Å²) < 4.78 is 12.7. The molecule has 0 spiro atoms. The summed E-state index contributed by atoms with van der Waals surface area (Å²) in [5.74, 6) is 5.47. The number of aryl methyl sites for hydroxylation is 8. The Morgan fingerprint density at radius 3 is 1.30 bits per heavy atom. The molecule has 0 aromatic carbocycles. The predicted octanol–water partition coefficient (Wildman–Crippen LogP) is 13.0. The van der Waals surface area contributed by atoms with Crippen LogP contribution in [-0.4, -0.2) is 79.4 Å². The molecule has 0 fully saturated rings. The molecule has 0 amide bonds. The standard InChI is InChI=1S/C9H19N3.C8H17N3.C8H14N2.2C8H13NO.C7H13N3.CH4/c1-7(2)12-9(5,6)8(3,4)10-11-12;1-6(2)11-7(3)9-8(4,5)10-11;1-6(2)10-5-7(3)8(4)9-10;1-5(2)8-6(3)9-7(4)10-8;1-5(2)8-9-6(3)7(4)10-8;1-5(2)10-8-6(3)7(4)9-10;/h7H,1-6H3;6,10H,1-5H3;5-6H,1-4H3;3*5H,1-4H3;1H4. The minimum Gasteiger partial charge on any atom is -0.445 e. The zero-order valence-electron chi connectivity index (χ0n) is 44.7. The summed E-state index contributed by atoms with van der Waals surface area (Å²) in [7, 11) is 0. The zero-order valence-corrected chi connectivity index (χ0v) is 44.7. The van der Waals surface area contributed by atoms with E-state index in [0.29, 0.717) is 36.0 Å². The third kappa shape index (κ3) is 17.5. The first-order chi connectivity index (χ1) is 28.6. The highest BCUT2D eigenvalue weighted by atomic mass is 16.4. The average Bonchev–Trinajstić information content (AvgIpc) is 3.96. The number of hydrogen-bond acceptors (Lipinski definition) is 13. The van der Waals surface area contributed by atoms with E-state index in [9.17, 15) is 0 Å². The van der Waals surface area contributed by atoms with Gasteiger partial charge >= 0.3 is 0 Å². The zero-order chi connectivity index (χ0) is 49.1. The maximum absolute atomic E-state index is 5.36. The lowest BCUT2D eigenvalue weighted by Crippen LogP contribution is -2.52. The Morgan fingerprint density at radius 1 is 0.578 bits per heavy atom. The van der Waals surface area contributed by atoms with Gasteiger partial charge in [-0.1, -0.05) is 40.3 Å². The van der Waals surface area contributed by atoms with Gasteiger partial charge in [-0.2, -0.15) is 25.2 Å². The van der Waals surface area contributed by atoms with Crippen LogP contribution in [0.15, 0.2) is 30.4 Å². The van der Waals surface area contributed by atoms with Crippen molar-refractivity contribution < 1.29 is 8.83 Å². The van der Waals surface area contributed by atoms with Gasteiger partial charge in [0.05, 0.1) is 40.1 Å². The first kappa shape index (κ1) is 59.6. The molecule has 15 nitrogen and oxygen atoms in total. The lowest BCUT2D eigenvalue weighted by molar-refractivity contribution is 0.0780. The molecule has 64 heavy (non-hydrogen) atoms. The third-order valence-corrected chi connectivity index (χ3v) is 10.8. The summed E-state index contributed by atoms with van der Waals surface area (Å²) in [4.78, 5) is 14.6. The molecule has 6 rings (SSSR count). The van der Waals surface area contributed by atoms with Crippen LogP contribution in [0.1, 0.15) is 220 Å². The summed E-state index contributed by atoms with van der Waals surface area (Å²) in [6.45, 7) is 55.9. The van der Waals surface area contributed by atoms with E-state index in [1.165, 1.54) is 5.56 Å². The molecule has 0 saturated heterocycles. The van der Waals surface area contributed by atoms with Gasteiger partial charge in [-0.05, 0) is 158 Å². The molecule has 0 saturated carbocycles. The molecule has 0 radical (unpaired) electrons. The fourth-order valence-electron chi connectivity index (χ4n) is 6.15. The Kier molecular flexibility index (Phi) is 23.1. The van der Waals surface area contributed by atoms with Crippen LogP contribution in [0.4, 0.5) is 0 Å². The van der Waals surface area contributed by atoms with Crippen LogP contribution >= 0.6 is 0 Å². The Bertz CT molecular complexity index is 1860. The van der Waals surface area contributed by atoms with Crippen molar-refractivity contribution in [3.8, 4) is 0 Å². The second-order valence-electron chi connectivity index (χ2n) is 20.0. The van der Waals surface area contributed by atoms with Crippen LogP contribution in [0, 0.1) is 55.4 Å². The number of aliphatic imine (C=N–C) groups is 1. The van der Waals surface area contributed by atoms with E-state index in [-0.39, 0.29) is 24.2 Å². The molecule has 4 aromatic heterocycles. The van der Waals surface area contributed by atoms with Crippen LogP contribution < -0.4 is 5.43 Å². The molecule has 0 unspecified atom stereocenters. The van der Waals surface area contributed by atoms with Crippen molar-refractivity contribution in [2.75, 3.05) is 0 Å². The highest BCUT2D eigenvalue weighted by Gasteiger charge is 2.47. The lowest BCUT2D eigenvalue weighted by Gasteiger charge is -2.39. The van der Waals surface area contributed by atoms with E-state index < -0.39 is 0 Å². The van der Waals surface area contributed by atoms with Gasteiger partial charge in [0.1, 0.15) is 28.6 Å². The van der Waals surface area contributed by atoms with E-state index >= 15 is 0 Å². The Hall–Kier alpha value is -4.40. The summed E-state index contributed by atoms with van der Waals surface area (Å²) in [5.41, 5.74) is 9.62. The van der Waals surface area contributed by atoms with Gasteiger partial charge in [0.2, 0.25) is 0 Å². The SMILES string of the molecule is C.CC(C)N1N=NC(C)(C)C1(C)C.CC1=NC(C)(C)NN1C(C)C.Cc1cn(C(C)C)nc1C.Cc1nc(C(C)C)oc1C.Cc1nc(C)c(C(C)C)o1.Cc1nn(C(C)C)nc1C. The normalized spacial score (nSPS) is 15.5. The predicted molar refractivity (Wildman–Crippen MR) is 266 cm³/mol. The van der Waals surface area contributed by atoms with Gasteiger partial charge in [0.15, 0.2) is 11.8 Å². The maximum atomic E-state index is 5.36. The average molecular weight is 896 g/mol. The van der Waals surface area contributed by atoms with Crippen molar-refractivity contribution >= 4 is 5.84 Å². The molecule has 4 aromatic rings. The van der Waals surface area contributed by atoms with Crippen LogP contribution in [-0.2, 0) is 0 Å². The fourth-order valence-corrected chi connectivity index (χ4v) is 6.15. The number of amidine groups is 1. The number of hydrogen-bond donors (Lipinski definition) is 1. The first-order valence-corrected chi connectivity index (χ1v) is 22.8. The molecule has 6 heterocycles. The fraction of sp³-hybridized carbons (Fsp3) is 0.755. The van der Waals surface area contributed by atoms with Crippen molar-refractivity contribution in [2.24, 2.45) is 15.3 Å². The Labute approximate surface area is 389 Å². The van der Waals surface area contributed by atoms with Gasteiger partial charge in [-0.25, -0.2) is 20.4 Å². The maximum Gasteiger partial charge on any atom is 0.197 e. The molecule has 0 atom stereocenters. The van der Waals surface area contributed by atoms with Gasteiger partial charge in [0.25, 0.3) is 0 Å². The minimum atomic E-state index is -0.117. The molecule has 15 heteroatoms. The summed E-state index contributed by atoms with van der Waals surface area (Å²) in [6.07, 6.45) is 2.08. The summed E-state index contributed by atoms with van der Waals surface area (Å²) >= 11 is 0. The first-order valence-electron chi connectivity index (χ1n) is 22.8. The van der Waals surface area contributed by atoms with Gasteiger partial charge in [0, 0.05) is 43.1 Å². The molecule has 366 valence electrons. The number of hydrazine groups is 1. The number of nitrogens with zero attached hydrogens (tertiary/aromatic N) is 12. The highest BCUT2D eigenvalue weighted by Crippen LogP contribution is 2.38. The second kappa shape index (κ2) is 24.8. The second-order valence-corrected chi connectivity index (χ2v) is 20.0. The molecule has 2 aliphatic rings. The van der Waals surface area contributed by atoms with Gasteiger partial charge < -0.3 is 8.83 Å². The van der Waals surface area contributed by atoms with E-state index in [1.807, 2.05) is 60.1 Å². The van der Waals surface area contributed by atoms with E-state index in [0.717, 1.165) is 57.6 Å². The number of aromatic nitrogens is 7. The van der Waals surface area contributed by atoms with Crippen LogP contribution in [0.25, 0.3) is 0 Å². The number of oxazole rings is 2. The smallest absolute Gasteiger partial charge is 0.197 e. The topological polar surface area (TPSA) is 156 Å². The quantitative estimate of drug-likeness (QED) is 0.198. The molecule has 0 bridgehead atoms. The monoisotopic (exact) mass is 896 g/mol. The van der Waals surface area contributed by atoms with E-state index in [2.05, 4.69) is 194 Å². The molecule has 0 aliphatic carbocycles. The largest absolute Gasteiger partial charge is 0.445 e. The Balaban J connectivity index is 0.000000743. The highest BCUT2D eigenvalue weighted by molar-refractivity contribution is 5.81. The number of rotatable bonds is 6. The van der Waals surface area contributed by atoms with Crippen LogP contribution in [0.3, 0.4) is 0 Å². The van der Waals surface area contributed by atoms with Gasteiger partial charge in [-0.3, -0.25) is 14.7 Å². The molecular formula is C49H93N13O2.